The molecule has 1 aromatic rings. The molecule has 1 rings (SSSR count). The van der Waals surface area contributed by atoms with Crippen molar-refractivity contribution in [3.8, 4) is 0 Å². The molecule has 1 unspecified atom stereocenters. The van der Waals surface area contributed by atoms with Crippen LogP contribution in [0.4, 0.5) is 10.2 Å². The summed E-state index contributed by atoms with van der Waals surface area (Å²) in [5, 5.41) is 2.95. The van der Waals surface area contributed by atoms with Gasteiger partial charge in [-0.15, -0.1) is 0 Å². The van der Waals surface area contributed by atoms with E-state index in [2.05, 4.69) is 10.3 Å². The van der Waals surface area contributed by atoms with Crippen molar-refractivity contribution in [1.29, 1.82) is 0 Å². The van der Waals surface area contributed by atoms with Crippen molar-refractivity contribution in [3.63, 3.8) is 0 Å². The number of ether oxygens (including phenoxy) is 1. The molecular formula is C13H20FN3O2. The van der Waals surface area contributed by atoms with Crippen LogP contribution in [0.2, 0.25) is 0 Å². The van der Waals surface area contributed by atoms with Gasteiger partial charge in [0.1, 0.15) is 11.6 Å². The van der Waals surface area contributed by atoms with Gasteiger partial charge < -0.3 is 15.0 Å². The Bertz CT molecular complexity index is 440. The number of hydrogen-bond acceptors (Lipinski definition) is 4. The molecule has 0 aliphatic heterocycles. The number of carbonyl (C=O) groups is 1. The number of rotatable bonds is 6. The predicted molar refractivity (Wildman–Crippen MR) is 71.8 cm³/mol. The molecule has 0 aliphatic carbocycles. The van der Waals surface area contributed by atoms with Gasteiger partial charge in [0.15, 0.2) is 0 Å². The lowest BCUT2D eigenvalue weighted by Crippen LogP contribution is -2.38. The van der Waals surface area contributed by atoms with Crippen molar-refractivity contribution in [2.24, 2.45) is 0 Å². The van der Waals surface area contributed by atoms with Crippen molar-refractivity contribution in [2.45, 2.75) is 19.9 Å². The standard InChI is InChI=1S/C13H20FN3O2/c1-5-15-12-11(6-10(14)7-16-12)13(18)17(3)9(2)8-19-4/h6-7,9H,5,8H2,1-4H3,(H,15,16). The van der Waals surface area contributed by atoms with Crippen LogP contribution in [0.1, 0.15) is 24.2 Å². The Kier molecular flexibility index (Phi) is 5.69. The molecule has 5 nitrogen and oxygen atoms in total. The first-order chi connectivity index (χ1) is 9.01. The summed E-state index contributed by atoms with van der Waals surface area (Å²) in [5.74, 6) is -0.421. The number of amides is 1. The average molecular weight is 269 g/mol. The van der Waals surface area contributed by atoms with E-state index in [1.807, 2.05) is 13.8 Å². The molecule has 0 aromatic carbocycles. The molecule has 0 fully saturated rings. The van der Waals surface area contributed by atoms with Gasteiger partial charge in [-0.05, 0) is 19.9 Å². The van der Waals surface area contributed by atoms with Gasteiger partial charge in [-0.25, -0.2) is 9.37 Å². The van der Waals surface area contributed by atoms with E-state index in [4.69, 9.17) is 4.74 Å². The van der Waals surface area contributed by atoms with Crippen molar-refractivity contribution < 1.29 is 13.9 Å². The summed E-state index contributed by atoms with van der Waals surface area (Å²) in [5.41, 5.74) is 0.229. The van der Waals surface area contributed by atoms with Gasteiger partial charge in [0.05, 0.1) is 24.4 Å². The molecule has 1 heterocycles. The normalized spacial score (nSPS) is 12.1. The van der Waals surface area contributed by atoms with E-state index in [1.54, 1.807) is 14.2 Å². The van der Waals surface area contributed by atoms with Crippen LogP contribution in [-0.4, -0.2) is 49.1 Å². The summed E-state index contributed by atoms with van der Waals surface area (Å²) in [4.78, 5) is 17.8. The summed E-state index contributed by atoms with van der Waals surface area (Å²) in [7, 11) is 3.23. The molecular weight excluding hydrogens is 249 g/mol. The van der Waals surface area contributed by atoms with Crippen LogP contribution in [-0.2, 0) is 4.74 Å². The number of pyridine rings is 1. The third-order valence-corrected chi connectivity index (χ3v) is 2.82. The van der Waals surface area contributed by atoms with E-state index < -0.39 is 5.82 Å². The first-order valence-electron chi connectivity index (χ1n) is 6.16. The number of anilines is 1. The van der Waals surface area contributed by atoms with Gasteiger partial charge in [-0.3, -0.25) is 4.79 Å². The maximum Gasteiger partial charge on any atom is 0.257 e. The molecule has 0 bridgehead atoms. The molecule has 0 saturated heterocycles. The fraction of sp³-hybridized carbons (Fsp3) is 0.538. The molecule has 0 saturated carbocycles. The van der Waals surface area contributed by atoms with Crippen LogP contribution in [0.15, 0.2) is 12.3 Å². The van der Waals surface area contributed by atoms with Gasteiger partial charge >= 0.3 is 0 Å². The highest BCUT2D eigenvalue weighted by molar-refractivity contribution is 5.98. The smallest absolute Gasteiger partial charge is 0.257 e. The second-order valence-electron chi connectivity index (χ2n) is 4.30. The SMILES string of the molecule is CCNc1ncc(F)cc1C(=O)N(C)C(C)COC. The zero-order valence-corrected chi connectivity index (χ0v) is 11.7. The van der Waals surface area contributed by atoms with Crippen LogP contribution in [0.25, 0.3) is 0 Å². The number of nitrogens with one attached hydrogen (secondary N) is 1. The second-order valence-corrected chi connectivity index (χ2v) is 4.30. The van der Waals surface area contributed by atoms with E-state index in [9.17, 15) is 9.18 Å². The zero-order valence-electron chi connectivity index (χ0n) is 11.7. The molecule has 0 spiro atoms. The van der Waals surface area contributed by atoms with E-state index in [1.165, 1.54) is 11.0 Å². The highest BCUT2D eigenvalue weighted by Gasteiger charge is 2.21. The minimum atomic E-state index is -0.530. The van der Waals surface area contributed by atoms with Crippen LogP contribution in [0.3, 0.4) is 0 Å². The fourth-order valence-electron chi connectivity index (χ4n) is 1.65. The first-order valence-corrected chi connectivity index (χ1v) is 6.16. The number of aromatic nitrogens is 1. The van der Waals surface area contributed by atoms with E-state index in [0.717, 1.165) is 6.20 Å². The summed E-state index contributed by atoms with van der Waals surface area (Å²) < 4.78 is 18.3. The number of likely N-dealkylation sites (N-methyl/N-ethyl adjacent to an activating group) is 1. The molecule has 19 heavy (non-hydrogen) atoms. The van der Waals surface area contributed by atoms with Crippen molar-refractivity contribution >= 4 is 11.7 Å². The van der Waals surface area contributed by atoms with Crippen LogP contribution < -0.4 is 5.32 Å². The van der Waals surface area contributed by atoms with Gasteiger partial charge in [-0.2, -0.15) is 0 Å². The van der Waals surface area contributed by atoms with Crippen LogP contribution >= 0.6 is 0 Å². The topological polar surface area (TPSA) is 54.5 Å². The highest BCUT2D eigenvalue weighted by Crippen LogP contribution is 2.16. The maximum absolute atomic E-state index is 13.3. The minimum Gasteiger partial charge on any atom is -0.383 e. The third kappa shape index (κ3) is 3.89. The van der Waals surface area contributed by atoms with E-state index in [-0.39, 0.29) is 17.5 Å². The Hall–Kier alpha value is -1.69. The molecule has 6 heteroatoms. The number of methoxy groups -OCH3 is 1. The average Bonchev–Trinajstić information content (AvgIpc) is 2.39. The Balaban J connectivity index is 3.00. The molecule has 0 radical (unpaired) electrons. The number of nitrogens with zero attached hydrogens (tertiary/aromatic N) is 2. The Morgan fingerprint density at radius 3 is 2.89 bits per heavy atom. The molecule has 1 N–H and O–H groups in total. The number of halogens is 1. The second kappa shape index (κ2) is 7.04. The molecule has 1 atom stereocenters. The quantitative estimate of drug-likeness (QED) is 0.855. The molecule has 0 aliphatic rings. The largest absolute Gasteiger partial charge is 0.383 e. The van der Waals surface area contributed by atoms with Gasteiger partial charge in [0.25, 0.3) is 5.91 Å². The van der Waals surface area contributed by atoms with Gasteiger partial charge in [0.2, 0.25) is 0 Å². The van der Waals surface area contributed by atoms with Gasteiger partial charge in [0, 0.05) is 20.7 Å². The third-order valence-electron chi connectivity index (χ3n) is 2.82. The predicted octanol–water partition coefficient (Wildman–Crippen LogP) is 1.76. The first kappa shape index (κ1) is 15.4. The zero-order chi connectivity index (χ0) is 14.4. The van der Waals surface area contributed by atoms with E-state index >= 15 is 0 Å². The lowest BCUT2D eigenvalue weighted by Gasteiger charge is -2.25. The van der Waals surface area contributed by atoms with Crippen molar-refractivity contribution in [2.75, 3.05) is 32.6 Å². The molecule has 106 valence electrons. The number of carbonyl (C=O) groups excluding carboxylic acids is 1. The summed E-state index contributed by atoms with van der Waals surface area (Å²) in [6, 6.07) is 1.10. The lowest BCUT2D eigenvalue weighted by molar-refractivity contribution is 0.0633. The highest BCUT2D eigenvalue weighted by atomic mass is 19.1. The van der Waals surface area contributed by atoms with E-state index in [0.29, 0.717) is 19.0 Å². The maximum atomic E-state index is 13.3. The summed E-state index contributed by atoms with van der Waals surface area (Å²) in [6.45, 7) is 4.77. The van der Waals surface area contributed by atoms with Crippen LogP contribution in [0, 0.1) is 5.82 Å². The monoisotopic (exact) mass is 269 g/mol. The van der Waals surface area contributed by atoms with Crippen LogP contribution in [0.5, 0.6) is 0 Å². The Morgan fingerprint density at radius 1 is 1.63 bits per heavy atom. The summed E-state index contributed by atoms with van der Waals surface area (Å²) >= 11 is 0. The van der Waals surface area contributed by atoms with Crippen molar-refractivity contribution in [1.82, 2.24) is 9.88 Å². The molecule has 1 aromatic heterocycles. The lowest BCUT2D eigenvalue weighted by atomic mass is 10.2. The summed E-state index contributed by atoms with van der Waals surface area (Å²) in [6.07, 6.45) is 1.09. The molecule has 1 amide bonds. The van der Waals surface area contributed by atoms with Gasteiger partial charge in [-0.1, -0.05) is 0 Å². The minimum absolute atomic E-state index is 0.102. The van der Waals surface area contributed by atoms with Crippen molar-refractivity contribution in [3.05, 3.63) is 23.6 Å². The Morgan fingerprint density at radius 2 is 2.32 bits per heavy atom. The number of hydrogen-bond donors (Lipinski definition) is 1. The fourth-order valence-corrected chi connectivity index (χ4v) is 1.65. The Labute approximate surface area is 112 Å².